The number of nitrogens with two attached hydrogens (primary N) is 1. The van der Waals surface area contributed by atoms with Crippen LogP contribution in [0.2, 0.25) is 0 Å². The molecule has 0 aliphatic rings. The number of nitrogens with zero attached hydrogens (tertiary/aromatic N) is 1. The van der Waals surface area contributed by atoms with Gasteiger partial charge in [0.1, 0.15) is 0 Å². The Kier molecular flexibility index (Phi) is 3.44. The molecule has 0 atom stereocenters. The van der Waals surface area contributed by atoms with E-state index in [4.69, 9.17) is 10.7 Å². The second-order valence-electron chi connectivity index (χ2n) is 5.68. The molecule has 0 unspecified atom stereocenters. The van der Waals surface area contributed by atoms with Gasteiger partial charge in [0.2, 0.25) is 0 Å². The van der Waals surface area contributed by atoms with E-state index in [1.165, 1.54) is 16.8 Å². The van der Waals surface area contributed by atoms with Gasteiger partial charge < -0.3 is 5.73 Å². The Morgan fingerprint density at radius 1 is 1.28 bits per heavy atom. The fourth-order valence-corrected chi connectivity index (χ4v) is 2.84. The van der Waals surface area contributed by atoms with Gasteiger partial charge in [0, 0.05) is 22.9 Å². The van der Waals surface area contributed by atoms with E-state index >= 15 is 0 Å². The highest BCUT2D eigenvalue weighted by atomic mass is 32.1. The van der Waals surface area contributed by atoms with Crippen molar-refractivity contribution in [3.05, 3.63) is 45.4 Å². The van der Waals surface area contributed by atoms with E-state index < -0.39 is 0 Å². The largest absolute Gasteiger partial charge is 0.399 e. The van der Waals surface area contributed by atoms with Crippen LogP contribution in [0.5, 0.6) is 0 Å². The molecule has 1 aromatic heterocycles. The third kappa shape index (κ3) is 2.72. The van der Waals surface area contributed by atoms with Crippen molar-refractivity contribution < 1.29 is 0 Å². The Morgan fingerprint density at radius 2 is 2.00 bits per heavy atom. The molecule has 0 bridgehead atoms. The van der Waals surface area contributed by atoms with E-state index in [0.717, 1.165) is 17.1 Å². The van der Waals surface area contributed by atoms with Gasteiger partial charge >= 0.3 is 0 Å². The topological polar surface area (TPSA) is 38.9 Å². The molecule has 1 heterocycles. The van der Waals surface area contributed by atoms with Crippen molar-refractivity contribution in [2.45, 2.75) is 39.5 Å². The van der Waals surface area contributed by atoms with E-state index in [-0.39, 0.29) is 5.41 Å². The molecule has 18 heavy (non-hydrogen) atoms. The average Bonchev–Trinajstić information content (AvgIpc) is 2.73. The zero-order chi connectivity index (χ0) is 13.3. The fourth-order valence-electron chi connectivity index (χ4n) is 1.79. The number of rotatable bonds is 2. The Balaban J connectivity index is 2.24. The third-order valence-electron chi connectivity index (χ3n) is 3.15. The average molecular weight is 260 g/mol. The minimum Gasteiger partial charge on any atom is -0.399 e. The number of anilines is 1. The molecule has 0 aliphatic heterocycles. The second kappa shape index (κ2) is 4.73. The summed E-state index contributed by atoms with van der Waals surface area (Å²) in [7, 11) is 0. The van der Waals surface area contributed by atoms with Crippen LogP contribution in [0.3, 0.4) is 0 Å². The monoisotopic (exact) mass is 260 g/mol. The SMILES string of the molecule is Cc1c(N)cccc1Cc1nc(C(C)(C)C)cs1. The van der Waals surface area contributed by atoms with E-state index in [9.17, 15) is 0 Å². The van der Waals surface area contributed by atoms with Crippen molar-refractivity contribution >= 4 is 17.0 Å². The van der Waals surface area contributed by atoms with Crippen LogP contribution in [-0.2, 0) is 11.8 Å². The summed E-state index contributed by atoms with van der Waals surface area (Å²) in [5, 5.41) is 3.32. The van der Waals surface area contributed by atoms with Gasteiger partial charge in [0.05, 0.1) is 10.7 Å². The standard InChI is InChI=1S/C15H20N2S/c1-10-11(6-5-7-12(10)16)8-14-17-13(9-18-14)15(2,3)4/h5-7,9H,8,16H2,1-4H3. The summed E-state index contributed by atoms with van der Waals surface area (Å²) in [5.41, 5.74) is 10.5. The van der Waals surface area contributed by atoms with Crippen molar-refractivity contribution in [2.75, 3.05) is 5.73 Å². The summed E-state index contributed by atoms with van der Waals surface area (Å²) in [6, 6.07) is 6.08. The molecule has 0 aliphatic carbocycles. The molecule has 2 aromatic rings. The lowest BCUT2D eigenvalue weighted by Crippen LogP contribution is -2.11. The highest BCUT2D eigenvalue weighted by Gasteiger charge is 2.17. The lowest BCUT2D eigenvalue weighted by atomic mass is 9.93. The maximum absolute atomic E-state index is 5.93. The van der Waals surface area contributed by atoms with E-state index in [2.05, 4.69) is 39.1 Å². The van der Waals surface area contributed by atoms with Gasteiger partial charge in [-0.3, -0.25) is 0 Å². The summed E-state index contributed by atoms with van der Waals surface area (Å²) >= 11 is 1.73. The lowest BCUT2D eigenvalue weighted by Gasteiger charge is -2.14. The smallest absolute Gasteiger partial charge is 0.0972 e. The van der Waals surface area contributed by atoms with Gasteiger partial charge in [0.15, 0.2) is 0 Å². The molecule has 0 amide bonds. The van der Waals surface area contributed by atoms with Crippen LogP contribution >= 0.6 is 11.3 Å². The zero-order valence-corrected chi connectivity index (χ0v) is 12.3. The van der Waals surface area contributed by atoms with E-state index in [1.54, 1.807) is 11.3 Å². The molecule has 2 rings (SSSR count). The summed E-state index contributed by atoms with van der Waals surface area (Å²) in [4.78, 5) is 4.73. The quantitative estimate of drug-likeness (QED) is 0.831. The maximum Gasteiger partial charge on any atom is 0.0972 e. The fraction of sp³-hybridized carbons (Fsp3) is 0.400. The molecule has 0 saturated carbocycles. The second-order valence-corrected chi connectivity index (χ2v) is 6.63. The number of hydrogen-bond acceptors (Lipinski definition) is 3. The van der Waals surface area contributed by atoms with E-state index in [1.807, 2.05) is 12.1 Å². The maximum atomic E-state index is 5.93. The summed E-state index contributed by atoms with van der Waals surface area (Å²) in [6.07, 6.45) is 0.873. The Hall–Kier alpha value is -1.35. The number of benzene rings is 1. The number of thiazole rings is 1. The molecule has 0 spiro atoms. The van der Waals surface area contributed by atoms with Crippen molar-refractivity contribution in [1.82, 2.24) is 4.98 Å². The third-order valence-corrected chi connectivity index (χ3v) is 4.00. The van der Waals surface area contributed by atoms with Crippen molar-refractivity contribution in [3.63, 3.8) is 0 Å². The first-order valence-corrected chi connectivity index (χ1v) is 7.05. The van der Waals surface area contributed by atoms with Gasteiger partial charge in [-0.25, -0.2) is 4.98 Å². The predicted octanol–water partition coefficient (Wildman–Crippen LogP) is 3.92. The van der Waals surface area contributed by atoms with Crippen LogP contribution in [-0.4, -0.2) is 4.98 Å². The summed E-state index contributed by atoms with van der Waals surface area (Å²) in [5.74, 6) is 0. The predicted molar refractivity (Wildman–Crippen MR) is 79.2 cm³/mol. The zero-order valence-electron chi connectivity index (χ0n) is 11.4. The van der Waals surface area contributed by atoms with Crippen LogP contribution in [0.25, 0.3) is 0 Å². The molecular formula is C15H20N2S. The summed E-state index contributed by atoms with van der Waals surface area (Å²) in [6.45, 7) is 8.65. The number of hydrogen-bond donors (Lipinski definition) is 1. The highest BCUT2D eigenvalue weighted by Crippen LogP contribution is 2.26. The van der Waals surface area contributed by atoms with Gasteiger partial charge in [0.25, 0.3) is 0 Å². The molecule has 0 saturated heterocycles. The molecule has 3 heteroatoms. The first kappa shape index (κ1) is 13.1. The van der Waals surface area contributed by atoms with E-state index in [0.29, 0.717) is 0 Å². The summed E-state index contributed by atoms with van der Waals surface area (Å²) < 4.78 is 0. The Labute approximate surface area is 113 Å². The van der Waals surface area contributed by atoms with Gasteiger partial charge in [-0.2, -0.15) is 0 Å². The van der Waals surface area contributed by atoms with Crippen molar-refractivity contribution in [2.24, 2.45) is 0 Å². The molecule has 2 N–H and O–H groups in total. The van der Waals surface area contributed by atoms with Gasteiger partial charge in [-0.05, 0) is 24.1 Å². The molecule has 0 fully saturated rings. The van der Waals surface area contributed by atoms with Crippen LogP contribution in [0.1, 0.15) is 42.6 Å². The highest BCUT2D eigenvalue weighted by molar-refractivity contribution is 7.09. The van der Waals surface area contributed by atoms with Crippen LogP contribution in [0.4, 0.5) is 5.69 Å². The molecule has 96 valence electrons. The normalized spacial score (nSPS) is 11.8. The molecule has 0 radical (unpaired) electrons. The Morgan fingerprint density at radius 3 is 2.61 bits per heavy atom. The van der Waals surface area contributed by atoms with Gasteiger partial charge in [-0.1, -0.05) is 32.9 Å². The molecule has 2 nitrogen and oxygen atoms in total. The first-order valence-electron chi connectivity index (χ1n) is 6.17. The van der Waals surface area contributed by atoms with Crippen molar-refractivity contribution in [3.8, 4) is 0 Å². The minimum atomic E-state index is 0.125. The molecule has 1 aromatic carbocycles. The first-order chi connectivity index (χ1) is 8.38. The van der Waals surface area contributed by atoms with Crippen molar-refractivity contribution in [1.29, 1.82) is 0 Å². The van der Waals surface area contributed by atoms with Crippen LogP contribution < -0.4 is 5.73 Å². The van der Waals surface area contributed by atoms with Crippen LogP contribution in [0, 0.1) is 6.92 Å². The number of aromatic nitrogens is 1. The lowest BCUT2D eigenvalue weighted by molar-refractivity contribution is 0.571. The Bertz CT molecular complexity index is 550. The van der Waals surface area contributed by atoms with Gasteiger partial charge in [-0.15, -0.1) is 11.3 Å². The number of nitrogen functional groups attached to an aromatic ring is 1. The minimum absolute atomic E-state index is 0.125. The van der Waals surface area contributed by atoms with Crippen LogP contribution in [0.15, 0.2) is 23.6 Å². The molecular weight excluding hydrogens is 240 g/mol.